The van der Waals surface area contributed by atoms with Gasteiger partial charge in [-0.05, 0) is 33.6 Å². The van der Waals surface area contributed by atoms with Gasteiger partial charge in [0, 0.05) is 38.3 Å². The van der Waals surface area contributed by atoms with E-state index < -0.39 is 5.60 Å². The number of nitrogens with two attached hydrogens (primary N) is 1. The van der Waals surface area contributed by atoms with Crippen LogP contribution in [-0.2, 0) is 4.74 Å². The van der Waals surface area contributed by atoms with Gasteiger partial charge >= 0.3 is 6.09 Å². The number of likely N-dealkylation sites (tertiary alicyclic amines) is 2. The molecular formula is C13H27Cl2N3O2. The first-order chi connectivity index (χ1) is 8.35. The topological polar surface area (TPSA) is 58.8 Å². The lowest BCUT2D eigenvalue weighted by molar-refractivity contribution is 0.00637. The number of nitrogens with zero attached hydrogens (tertiary/aromatic N) is 2. The molecule has 0 aromatic heterocycles. The van der Waals surface area contributed by atoms with Crippen molar-refractivity contribution in [1.82, 2.24) is 9.80 Å². The van der Waals surface area contributed by atoms with Crippen molar-refractivity contribution in [3.8, 4) is 0 Å². The van der Waals surface area contributed by atoms with E-state index in [4.69, 9.17) is 10.5 Å². The number of rotatable bonds is 1. The second kappa shape index (κ2) is 7.69. The van der Waals surface area contributed by atoms with Crippen LogP contribution in [0.3, 0.4) is 0 Å². The molecule has 20 heavy (non-hydrogen) atoms. The maximum Gasteiger partial charge on any atom is 0.410 e. The Morgan fingerprint density at radius 3 is 2.05 bits per heavy atom. The Balaban J connectivity index is 0.00000180. The predicted molar refractivity (Wildman–Crippen MR) is 84.9 cm³/mol. The molecule has 0 unspecified atom stereocenters. The lowest BCUT2D eigenvalue weighted by atomic mass is 9.98. The van der Waals surface area contributed by atoms with Gasteiger partial charge in [0.05, 0.1) is 0 Å². The number of carbonyl (C=O) groups excluding carboxylic acids is 1. The van der Waals surface area contributed by atoms with Gasteiger partial charge in [0.2, 0.25) is 0 Å². The van der Waals surface area contributed by atoms with Crippen LogP contribution in [0.4, 0.5) is 4.79 Å². The molecule has 5 nitrogen and oxygen atoms in total. The summed E-state index contributed by atoms with van der Waals surface area (Å²) in [5, 5.41) is 0. The van der Waals surface area contributed by atoms with Gasteiger partial charge in [-0.15, -0.1) is 24.8 Å². The van der Waals surface area contributed by atoms with Crippen LogP contribution in [-0.4, -0.2) is 59.8 Å². The molecule has 2 saturated heterocycles. The van der Waals surface area contributed by atoms with Gasteiger partial charge in [-0.25, -0.2) is 4.79 Å². The monoisotopic (exact) mass is 327 g/mol. The second-order valence-corrected chi connectivity index (χ2v) is 6.41. The largest absolute Gasteiger partial charge is 0.444 e. The Kier molecular flexibility index (Phi) is 7.60. The molecule has 2 N–H and O–H groups in total. The lowest BCUT2D eigenvalue weighted by Crippen LogP contribution is -2.61. The minimum absolute atomic E-state index is 0. The number of hydrogen-bond acceptors (Lipinski definition) is 4. The number of halogens is 2. The molecule has 2 fully saturated rings. The summed E-state index contributed by atoms with van der Waals surface area (Å²) in [6.07, 6.45) is 1.89. The first kappa shape index (κ1) is 19.8. The number of ether oxygens (including phenoxy) is 1. The van der Waals surface area contributed by atoms with Gasteiger partial charge < -0.3 is 15.4 Å². The summed E-state index contributed by atoms with van der Waals surface area (Å²) in [4.78, 5) is 16.1. The molecule has 2 aliphatic heterocycles. The van der Waals surface area contributed by atoms with E-state index in [2.05, 4.69) is 4.90 Å². The average molecular weight is 328 g/mol. The molecule has 0 spiro atoms. The zero-order chi connectivity index (χ0) is 13.3. The second-order valence-electron chi connectivity index (χ2n) is 6.41. The van der Waals surface area contributed by atoms with E-state index >= 15 is 0 Å². The molecule has 0 bridgehead atoms. The minimum atomic E-state index is -0.405. The fraction of sp³-hybridized carbons (Fsp3) is 0.923. The van der Waals surface area contributed by atoms with Crippen LogP contribution in [0.15, 0.2) is 0 Å². The van der Waals surface area contributed by atoms with Crippen molar-refractivity contribution in [3.05, 3.63) is 0 Å². The third-order valence-electron chi connectivity index (χ3n) is 3.57. The van der Waals surface area contributed by atoms with Crippen molar-refractivity contribution in [2.45, 2.75) is 51.3 Å². The van der Waals surface area contributed by atoms with E-state index in [0.717, 1.165) is 39.0 Å². The van der Waals surface area contributed by atoms with E-state index in [1.54, 1.807) is 0 Å². The quantitative estimate of drug-likeness (QED) is 0.798. The zero-order valence-corrected chi connectivity index (χ0v) is 14.1. The van der Waals surface area contributed by atoms with Crippen LogP contribution in [0.1, 0.15) is 33.6 Å². The Bertz CT molecular complexity index is 309. The molecule has 120 valence electrons. The van der Waals surface area contributed by atoms with Crippen molar-refractivity contribution in [1.29, 1.82) is 0 Å². The van der Waals surface area contributed by atoms with Crippen LogP contribution >= 0.6 is 24.8 Å². The zero-order valence-electron chi connectivity index (χ0n) is 12.5. The van der Waals surface area contributed by atoms with Gasteiger partial charge in [0.15, 0.2) is 0 Å². The summed E-state index contributed by atoms with van der Waals surface area (Å²) in [5.41, 5.74) is 5.39. The van der Waals surface area contributed by atoms with Crippen LogP contribution in [0.25, 0.3) is 0 Å². The molecule has 2 rings (SSSR count). The number of hydrogen-bond donors (Lipinski definition) is 1. The summed E-state index contributed by atoms with van der Waals surface area (Å²) in [7, 11) is 0. The fourth-order valence-electron chi connectivity index (χ4n) is 2.59. The van der Waals surface area contributed by atoms with E-state index in [9.17, 15) is 4.79 Å². The van der Waals surface area contributed by atoms with Crippen LogP contribution in [0.5, 0.6) is 0 Å². The van der Waals surface area contributed by atoms with E-state index in [1.807, 2.05) is 25.7 Å². The third-order valence-corrected chi connectivity index (χ3v) is 3.57. The number of carbonyl (C=O) groups is 1. The SMILES string of the molecule is CC(C)(C)OC(=O)N1CCC(N2CC(N)C2)CC1.Cl.Cl. The van der Waals surface area contributed by atoms with Gasteiger partial charge in [-0.2, -0.15) is 0 Å². The minimum Gasteiger partial charge on any atom is -0.444 e. The molecule has 0 aromatic rings. The third kappa shape index (κ3) is 5.28. The fourth-order valence-corrected chi connectivity index (χ4v) is 2.59. The van der Waals surface area contributed by atoms with Crippen molar-refractivity contribution in [3.63, 3.8) is 0 Å². The molecule has 1 amide bonds. The molecule has 0 atom stereocenters. The first-order valence-electron chi connectivity index (χ1n) is 6.83. The Labute approximate surface area is 134 Å². The van der Waals surface area contributed by atoms with Gasteiger partial charge in [0.25, 0.3) is 0 Å². The maximum absolute atomic E-state index is 11.9. The first-order valence-corrected chi connectivity index (χ1v) is 6.83. The van der Waals surface area contributed by atoms with Crippen LogP contribution in [0.2, 0.25) is 0 Å². The van der Waals surface area contributed by atoms with Gasteiger partial charge in [-0.1, -0.05) is 0 Å². The summed E-state index contributed by atoms with van der Waals surface area (Å²) < 4.78 is 5.38. The number of piperidine rings is 1. The molecule has 0 aromatic carbocycles. The Morgan fingerprint density at radius 1 is 1.15 bits per heavy atom. The summed E-state index contributed by atoms with van der Waals surface area (Å²) in [5.74, 6) is 0. The van der Waals surface area contributed by atoms with Crippen molar-refractivity contribution in [2.75, 3.05) is 26.2 Å². The van der Waals surface area contributed by atoms with E-state index in [0.29, 0.717) is 12.1 Å². The molecule has 2 heterocycles. The highest BCUT2D eigenvalue weighted by Gasteiger charge is 2.34. The van der Waals surface area contributed by atoms with E-state index in [-0.39, 0.29) is 30.9 Å². The summed E-state index contributed by atoms with van der Waals surface area (Å²) >= 11 is 0. The molecule has 0 radical (unpaired) electrons. The average Bonchev–Trinajstić information content (AvgIpc) is 2.23. The smallest absolute Gasteiger partial charge is 0.410 e. The molecule has 0 aliphatic carbocycles. The highest BCUT2D eigenvalue weighted by molar-refractivity contribution is 5.85. The van der Waals surface area contributed by atoms with Crippen molar-refractivity contribution >= 4 is 30.9 Å². The van der Waals surface area contributed by atoms with Crippen LogP contribution < -0.4 is 5.73 Å². The van der Waals surface area contributed by atoms with Gasteiger partial charge in [-0.3, -0.25) is 4.90 Å². The van der Waals surface area contributed by atoms with Crippen LogP contribution in [0, 0.1) is 0 Å². The van der Waals surface area contributed by atoms with Crippen molar-refractivity contribution < 1.29 is 9.53 Å². The Hall–Kier alpha value is -0.230. The maximum atomic E-state index is 11.9. The predicted octanol–water partition coefficient (Wildman–Crippen LogP) is 1.87. The van der Waals surface area contributed by atoms with Crippen molar-refractivity contribution in [2.24, 2.45) is 5.73 Å². The standard InChI is InChI=1S/C13H25N3O2.2ClH/c1-13(2,3)18-12(17)15-6-4-11(5-7-15)16-8-10(14)9-16;;/h10-11H,4-9,14H2,1-3H3;2*1H. The molecule has 7 heteroatoms. The van der Waals surface area contributed by atoms with Gasteiger partial charge in [0.1, 0.15) is 5.60 Å². The van der Waals surface area contributed by atoms with E-state index in [1.165, 1.54) is 0 Å². The number of amides is 1. The highest BCUT2D eigenvalue weighted by Crippen LogP contribution is 2.22. The molecular weight excluding hydrogens is 301 g/mol. The Morgan fingerprint density at radius 2 is 1.65 bits per heavy atom. The lowest BCUT2D eigenvalue weighted by Gasteiger charge is -2.45. The molecule has 0 saturated carbocycles. The summed E-state index contributed by atoms with van der Waals surface area (Å²) in [6.45, 7) is 9.32. The molecule has 2 aliphatic rings. The summed E-state index contributed by atoms with van der Waals surface area (Å²) in [6, 6.07) is 0.956. The highest BCUT2D eigenvalue weighted by atomic mass is 35.5. The normalized spacial score (nSPS) is 21.5.